The van der Waals surface area contributed by atoms with E-state index in [1.807, 2.05) is 49.3 Å². The number of carbonyl (C=O) groups is 2. The fraction of sp³-hybridized carbons (Fsp3) is 0.364. The monoisotopic (exact) mass is 397 g/mol. The van der Waals surface area contributed by atoms with E-state index in [0.29, 0.717) is 11.3 Å². The summed E-state index contributed by atoms with van der Waals surface area (Å²) in [5.41, 5.74) is 3.04. The first kappa shape index (κ1) is 20.7. The summed E-state index contributed by atoms with van der Waals surface area (Å²) in [5.74, 6) is -0.903. The maximum absolute atomic E-state index is 12.4. The van der Waals surface area contributed by atoms with Crippen molar-refractivity contribution < 1.29 is 19.1 Å². The second-order valence-corrected chi connectivity index (χ2v) is 7.13. The van der Waals surface area contributed by atoms with Gasteiger partial charge in [-0.05, 0) is 49.4 Å². The van der Waals surface area contributed by atoms with Gasteiger partial charge in [-0.3, -0.25) is 4.79 Å². The Morgan fingerprint density at radius 2 is 1.79 bits per heavy atom. The van der Waals surface area contributed by atoms with Gasteiger partial charge in [0.2, 0.25) is 0 Å². The van der Waals surface area contributed by atoms with Crippen molar-refractivity contribution in [1.29, 1.82) is 0 Å². The van der Waals surface area contributed by atoms with Crippen LogP contribution in [0.2, 0.25) is 0 Å². The zero-order valence-electron chi connectivity index (χ0n) is 17.1. The van der Waals surface area contributed by atoms with Crippen LogP contribution in [0.25, 0.3) is 0 Å². The van der Waals surface area contributed by atoms with Crippen LogP contribution in [0.4, 0.5) is 17.1 Å². The molecule has 1 N–H and O–H groups in total. The van der Waals surface area contributed by atoms with Gasteiger partial charge in [-0.1, -0.05) is 6.07 Å². The first-order chi connectivity index (χ1) is 13.9. The summed E-state index contributed by atoms with van der Waals surface area (Å²) in [6, 6.07) is 14.7. The molecule has 0 aliphatic carbocycles. The average Bonchev–Trinajstić information content (AvgIpc) is 2.75. The molecular formula is C22H27N3O4. The number of benzene rings is 2. The Morgan fingerprint density at radius 1 is 1.10 bits per heavy atom. The molecule has 1 aliphatic rings. The summed E-state index contributed by atoms with van der Waals surface area (Å²) < 4.78 is 10.7. The SMILES string of the molecule is C[C@H](OC(=O)c1cccc(N(C)C)c1)C(=O)Nc1ccc(N2CCOCC2)cc1. The van der Waals surface area contributed by atoms with Crippen LogP contribution in [0, 0.1) is 0 Å². The van der Waals surface area contributed by atoms with Gasteiger partial charge in [0.05, 0.1) is 18.8 Å². The molecule has 1 fully saturated rings. The summed E-state index contributed by atoms with van der Waals surface area (Å²) in [6.07, 6.45) is -0.913. The quantitative estimate of drug-likeness (QED) is 0.756. The largest absolute Gasteiger partial charge is 0.449 e. The molecule has 7 nitrogen and oxygen atoms in total. The molecule has 1 heterocycles. The van der Waals surface area contributed by atoms with Crippen molar-refractivity contribution in [2.24, 2.45) is 0 Å². The van der Waals surface area contributed by atoms with Crippen LogP contribution >= 0.6 is 0 Å². The molecule has 1 saturated heterocycles. The molecule has 29 heavy (non-hydrogen) atoms. The number of nitrogens with zero attached hydrogens (tertiary/aromatic N) is 2. The van der Waals surface area contributed by atoms with Crippen LogP contribution < -0.4 is 15.1 Å². The van der Waals surface area contributed by atoms with E-state index < -0.39 is 12.1 Å². The Kier molecular flexibility index (Phi) is 6.72. The lowest BCUT2D eigenvalue weighted by Crippen LogP contribution is -2.36. The van der Waals surface area contributed by atoms with Gasteiger partial charge in [0.25, 0.3) is 5.91 Å². The third-order valence-corrected chi connectivity index (χ3v) is 4.76. The second-order valence-electron chi connectivity index (χ2n) is 7.13. The highest BCUT2D eigenvalue weighted by Gasteiger charge is 2.20. The number of ether oxygens (including phenoxy) is 2. The molecule has 1 aliphatic heterocycles. The van der Waals surface area contributed by atoms with Crippen molar-refractivity contribution in [1.82, 2.24) is 0 Å². The minimum Gasteiger partial charge on any atom is -0.449 e. The number of morpholine rings is 1. The summed E-state index contributed by atoms with van der Waals surface area (Å²) in [7, 11) is 3.79. The minimum absolute atomic E-state index is 0.374. The number of hydrogen-bond donors (Lipinski definition) is 1. The first-order valence-electron chi connectivity index (χ1n) is 9.66. The summed E-state index contributed by atoms with van der Waals surface area (Å²) in [4.78, 5) is 28.9. The fourth-order valence-corrected chi connectivity index (χ4v) is 3.01. The highest BCUT2D eigenvalue weighted by molar-refractivity contribution is 5.97. The van der Waals surface area contributed by atoms with Crippen molar-refractivity contribution in [3.8, 4) is 0 Å². The number of rotatable bonds is 6. The summed E-state index contributed by atoms with van der Waals surface area (Å²) in [6.45, 7) is 4.71. The number of nitrogens with one attached hydrogen (secondary N) is 1. The molecule has 0 saturated carbocycles. The normalized spacial score (nSPS) is 14.8. The Labute approximate surface area is 171 Å². The van der Waals surface area contributed by atoms with Gasteiger partial charge in [-0.15, -0.1) is 0 Å². The molecule has 3 rings (SSSR count). The lowest BCUT2D eigenvalue weighted by molar-refractivity contribution is -0.123. The molecule has 0 radical (unpaired) electrons. The molecule has 0 aromatic heterocycles. The number of hydrogen-bond acceptors (Lipinski definition) is 6. The van der Waals surface area contributed by atoms with Gasteiger partial charge in [0.15, 0.2) is 6.10 Å². The van der Waals surface area contributed by atoms with E-state index in [4.69, 9.17) is 9.47 Å². The van der Waals surface area contributed by atoms with Gasteiger partial charge < -0.3 is 24.6 Å². The standard InChI is InChI=1S/C22H27N3O4/c1-16(29-22(27)17-5-4-6-20(15-17)24(2)3)21(26)23-18-7-9-19(10-8-18)25-11-13-28-14-12-25/h4-10,15-16H,11-14H2,1-3H3,(H,23,26)/t16-/m0/s1. The lowest BCUT2D eigenvalue weighted by Gasteiger charge is -2.28. The van der Waals surface area contributed by atoms with Crippen LogP contribution in [-0.2, 0) is 14.3 Å². The molecule has 0 bridgehead atoms. The first-order valence-corrected chi connectivity index (χ1v) is 9.66. The Balaban J connectivity index is 1.56. The fourth-order valence-electron chi connectivity index (χ4n) is 3.01. The molecule has 1 atom stereocenters. The van der Waals surface area contributed by atoms with Crippen LogP contribution in [0.15, 0.2) is 48.5 Å². The number of esters is 1. The molecule has 2 aromatic rings. The van der Waals surface area contributed by atoms with Gasteiger partial charge in [-0.25, -0.2) is 4.79 Å². The van der Waals surface area contributed by atoms with E-state index in [-0.39, 0.29) is 5.91 Å². The zero-order valence-corrected chi connectivity index (χ0v) is 17.1. The smallest absolute Gasteiger partial charge is 0.338 e. The maximum Gasteiger partial charge on any atom is 0.338 e. The van der Waals surface area contributed by atoms with E-state index in [0.717, 1.165) is 37.7 Å². The Morgan fingerprint density at radius 3 is 2.45 bits per heavy atom. The molecule has 7 heteroatoms. The van der Waals surface area contributed by atoms with Gasteiger partial charge >= 0.3 is 5.97 Å². The van der Waals surface area contributed by atoms with Gasteiger partial charge in [0.1, 0.15) is 0 Å². The van der Waals surface area contributed by atoms with E-state index in [9.17, 15) is 9.59 Å². The predicted octanol–water partition coefficient (Wildman–Crippen LogP) is 2.77. The van der Waals surface area contributed by atoms with Crippen molar-refractivity contribution >= 4 is 28.9 Å². The van der Waals surface area contributed by atoms with Crippen LogP contribution in [0.1, 0.15) is 17.3 Å². The maximum atomic E-state index is 12.4. The average molecular weight is 397 g/mol. The van der Waals surface area contributed by atoms with Gasteiger partial charge in [-0.2, -0.15) is 0 Å². The third kappa shape index (κ3) is 5.48. The van der Waals surface area contributed by atoms with E-state index in [1.165, 1.54) is 0 Å². The highest BCUT2D eigenvalue weighted by atomic mass is 16.5. The van der Waals surface area contributed by atoms with Crippen molar-refractivity contribution in [2.75, 3.05) is 55.5 Å². The summed E-state index contributed by atoms with van der Waals surface area (Å²) >= 11 is 0. The second kappa shape index (κ2) is 9.43. The number of carbonyl (C=O) groups excluding carboxylic acids is 2. The van der Waals surface area contributed by atoms with Crippen molar-refractivity contribution in [2.45, 2.75) is 13.0 Å². The Hall–Kier alpha value is -3.06. The van der Waals surface area contributed by atoms with E-state index >= 15 is 0 Å². The predicted molar refractivity (Wildman–Crippen MR) is 114 cm³/mol. The molecular weight excluding hydrogens is 370 g/mol. The number of anilines is 3. The molecule has 0 spiro atoms. The zero-order chi connectivity index (χ0) is 20.8. The minimum atomic E-state index is -0.913. The van der Waals surface area contributed by atoms with Crippen LogP contribution in [0.3, 0.4) is 0 Å². The summed E-state index contributed by atoms with van der Waals surface area (Å²) in [5, 5.41) is 2.79. The van der Waals surface area contributed by atoms with Crippen LogP contribution in [-0.4, -0.2) is 58.4 Å². The third-order valence-electron chi connectivity index (χ3n) is 4.76. The molecule has 0 unspecified atom stereocenters. The van der Waals surface area contributed by atoms with E-state index in [2.05, 4.69) is 10.2 Å². The molecule has 2 aromatic carbocycles. The van der Waals surface area contributed by atoms with Crippen molar-refractivity contribution in [3.05, 3.63) is 54.1 Å². The van der Waals surface area contributed by atoms with E-state index in [1.54, 1.807) is 25.1 Å². The topological polar surface area (TPSA) is 71.1 Å². The highest BCUT2D eigenvalue weighted by Crippen LogP contribution is 2.20. The molecule has 1 amide bonds. The van der Waals surface area contributed by atoms with Gasteiger partial charge in [0, 0.05) is 44.2 Å². The molecule has 154 valence electrons. The Bertz CT molecular complexity index is 845. The lowest BCUT2D eigenvalue weighted by atomic mass is 10.2. The van der Waals surface area contributed by atoms with Crippen LogP contribution in [0.5, 0.6) is 0 Å². The number of amides is 1. The van der Waals surface area contributed by atoms with Crippen molar-refractivity contribution in [3.63, 3.8) is 0 Å².